The topological polar surface area (TPSA) is 9.23 Å². The second-order valence-electron chi connectivity index (χ2n) is 1.52. The number of hydrogen-bond acceptors (Lipinski definition) is 1. The van der Waals surface area contributed by atoms with Crippen molar-refractivity contribution in [2.24, 2.45) is 0 Å². The molecule has 0 N–H and O–H groups in total. The van der Waals surface area contributed by atoms with Gasteiger partial charge in [-0.1, -0.05) is 18.2 Å². The predicted octanol–water partition coefficient (Wildman–Crippen LogP) is 2.71. The van der Waals surface area contributed by atoms with Gasteiger partial charge in [-0.05, 0) is 12.1 Å². The zero-order chi connectivity index (χ0) is 7.82. The molecule has 0 aromatic heterocycles. The Hall–Kier alpha value is -0.0277. The maximum Gasteiger partial charge on any atom is 0.118 e. The Kier molecular flexibility index (Phi) is 12.3. The molecule has 0 aliphatic carbocycles. The van der Waals surface area contributed by atoms with E-state index >= 15 is 0 Å². The molecule has 0 fully saturated rings. The summed E-state index contributed by atoms with van der Waals surface area (Å²) in [6, 6.07) is 9.68. The number of para-hydroxylation sites is 1. The normalized spacial score (nSPS) is 6.82. The van der Waals surface area contributed by atoms with Gasteiger partial charge in [0.1, 0.15) is 5.75 Å². The van der Waals surface area contributed by atoms with Crippen molar-refractivity contribution in [3.63, 3.8) is 0 Å². The van der Waals surface area contributed by atoms with Gasteiger partial charge in [-0.15, -0.1) is 0 Å². The van der Waals surface area contributed by atoms with Gasteiger partial charge >= 0.3 is 0 Å². The second-order valence-corrected chi connectivity index (χ2v) is 1.52. The standard InChI is InChI=1S/C7H8O.CH2Cl.Pd/c1-8-7-5-3-2-4-6-7;1-2;/h2-6H,1H3;1H2;/q;-1;. The van der Waals surface area contributed by atoms with E-state index in [9.17, 15) is 0 Å². The van der Waals surface area contributed by atoms with Gasteiger partial charge in [-0.25, -0.2) is 0 Å². The molecule has 1 aromatic carbocycles. The minimum absolute atomic E-state index is 0. The fourth-order valence-corrected chi connectivity index (χ4v) is 0.557. The Bertz CT molecular complexity index is 155. The fourth-order valence-electron chi connectivity index (χ4n) is 0.557. The van der Waals surface area contributed by atoms with Crippen LogP contribution in [0.1, 0.15) is 0 Å². The Balaban J connectivity index is 0. The third-order valence-corrected chi connectivity index (χ3v) is 0.979. The van der Waals surface area contributed by atoms with Crippen LogP contribution in [0.25, 0.3) is 0 Å². The van der Waals surface area contributed by atoms with E-state index in [0.29, 0.717) is 0 Å². The molecule has 1 nitrogen and oxygen atoms in total. The Morgan fingerprint density at radius 3 is 1.91 bits per heavy atom. The first-order valence-corrected chi connectivity index (χ1v) is 3.32. The molecule has 0 atom stereocenters. The van der Waals surface area contributed by atoms with E-state index in [1.54, 1.807) is 7.11 Å². The van der Waals surface area contributed by atoms with Crippen LogP contribution in [-0.2, 0) is 20.4 Å². The Labute approximate surface area is 86.4 Å². The van der Waals surface area contributed by atoms with E-state index in [0.717, 1.165) is 5.75 Å². The van der Waals surface area contributed by atoms with Crippen LogP contribution in [-0.4, -0.2) is 7.11 Å². The van der Waals surface area contributed by atoms with Crippen molar-refractivity contribution < 1.29 is 25.2 Å². The van der Waals surface area contributed by atoms with Gasteiger partial charge < -0.3 is 16.3 Å². The van der Waals surface area contributed by atoms with Gasteiger partial charge in [0.05, 0.1) is 7.11 Å². The monoisotopic (exact) mass is 263 g/mol. The maximum absolute atomic E-state index is 4.91. The average Bonchev–Trinajstić information content (AvgIpc) is 2.10. The molecule has 0 heterocycles. The summed E-state index contributed by atoms with van der Waals surface area (Å²) in [5.74, 6) is 0.910. The molecule has 1 rings (SSSR count). The second kappa shape index (κ2) is 9.97. The van der Waals surface area contributed by atoms with Crippen molar-refractivity contribution >= 4 is 11.6 Å². The number of rotatable bonds is 1. The molecular formula is C8H10ClOPd-. The van der Waals surface area contributed by atoms with E-state index < -0.39 is 0 Å². The zero-order valence-electron chi connectivity index (χ0n) is 6.20. The molecule has 0 unspecified atom stereocenters. The van der Waals surface area contributed by atoms with Crippen molar-refractivity contribution in [2.45, 2.75) is 0 Å². The third-order valence-electron chi connectivity index (χ3n) is 0.979. The average molecular weight is 264 g/mol. The first-order chi connectivity index (χ1) is 4.93. The molecule has 0 saturated heterocycles. The van der Waals surface area contributed by atoms with E-state index in [1.807, 2.05) is 30.3 Å². The van der Waals surface area contributed by atoms with E-state index in [-0.39, 0.29) is 20.4 Å². The van der Waals surface area contributed by atoms with Crippen LogP contribution >= 0.6 is 11.6 Å². The van der Waals surface area contributed by atoms with Crippen LogP contribution in [0.3, 0.4) is 0 Å². The van der Waals surface area contributed by atoms with Crippen LogP contribution < -0.4 is 4.74 Å². The van der Waals surface area contributed by atoms with Crippen molar-refractivity contribution in [3.8, 4) is 5.75 Å². The summed E-state index contributed by atoms with van der Waals surface area (Å²) < 4.78 is 4.91. The Morgan fingerprint density at radius 1 is 1.18 bits per heavy atom. The molecule has 1 aromatic rings. The van der Waals surface area contributed by atoms with Crippen molar-refractivity contribution in [1.29, 1.82) is 0 Å². The molecule has 0 saturated carbocycles. The number of methoxy groups -OCH3 is 1. The first kappa shape index (κ1) is 13.6. The summed E-state index contributed by atoms with van der Waals surface area (Å²) >= 11 is 4.39. The predicted molar refractivity (Wildman–Crippen MR) is 44.2 cm³/mol. The SMILES string of the molecule is COc1ccccc1.[CH2-]Cl.[Pd]. The van der Waals surface area contributed by atoms with E-state index in [1.165, 1.54) is 0 Å². The van der Waals surface area contributed by atoms with Crippen LogP contribution in [0.15, 0.2) is 30.3 Å². The smallest absolute Gasteiger partial charge is 0.118 e. The molecule has 66 valence electrons. The van der Waals surface area contributed by atoms with Gasteiger partial charge in [-0.3, -0.25) is 6.38 Å². The number of halogens is 1. The van der Waals surface area contributed by atoms with Crippen LogP contribution in [0, 0.1) is 6.38 Å². The van der Waals surface area contributed by atoms with Crippen molar-refractivity contribution in [1.82, 2.24) is 0 Å². The first-order valence-electron chi connectivity index (χ1n) is 2.79. The minimum Gasteiger partial charge on any atom is -0.497 e. The van der Waals surface area contributed by atoms with Gasteiger partial charge in [0, 0.05) is 20.4 Å². The zero-order valence-corrected chi connectivity index (χ0v) is 8.51. The Morgan fingerprint density at radius 2 is 1.64 bits per heavy atom. The van der Waals surface area contributed by atoms with Crippen molar-refractivity contribution in [3.05, 3.63) is 36.7 Å². The third kappa shape index (κ3) is 6.37. The van der Waals surface area contributed by atoms with Gasteiger partial charge in [-0.2, -0.15) is 0 Å². The molecule has 0 spiro atoms. The van der Waals surface area contributed by atoms with Gasteiger partial charge in [0.25, 0.3) is 0 Å². The summed E-state index contributed by atoms with van der Waals surface area (Å²) in [5.41, 5.74) is 0. The quantitative estimate of drug-likeness (QED) is 0.559. The van der Waals surface area contributed by atoms with Crippen LogP contribution in [0.5, 0.6) is 5.75 Å². The maximum atomic E-state index is 4.91. The summed E-state index contributed by atoms with van der Waals surface area (Å²) in [6.07, 6.45) is 2.72. The molecule has 11 heavy (non-hydrogen) atoms. The fraction of sp³-hybridized carbons (Fsp3) is 0.125. The molecule has 0 amide bonds. The summed E-state index contributed by atoms with van der Waals surface area (Å²) in [4.78, 5) is 0. The van der Waals surface area contributed by atoms with E-state index in [4.69, 9.17) is 4.74 Å². The van der Waals surface area contributed by atoms with Gasteiger partial charge in [0.15, 0.2) is 0 Å². The summed E-state index contributed by atoms with van der Waals surface area (Å²) in [6.45, 7) is 0. The van der Waals surface area contributed by atoms with Crippen LogP contribution in [0.2, 0.25) is 0 Å². The number of hydrogen-bond donors (Lipinski definition) is 0. The summed E-state index contributed by atoms with van der Waals surface area (Å²) in [5, 5.41) is 0. The van der Waals surface area contributed by atoms with Crippen LogP contribution in [0.4, 0.5) is 0 Å². The van der Waals surface area contributed by atoms with E-state index in [2.05, 4.69) is 18.0 Å². The molecule has 0 aliphatic rings. The molecule has 0 aliphatic heterocycles. The minimum atomic E-state index is 0. The number of ether oxygens (including phenoxy) is 1. The molecule has 0 bridgehead atoms. The summed E-state index contributed by atoms with van der Waals surface area (Å²) in [7, 11) is 1.66. The van der Waals surface area contributed by atoms with Crippen molar-refractivity contribution in [2.75, 3.05) is 7.11 Å². The number of benzene rings is 1. The molecule has 3 heteroatoms. The molecular weight excluding hydrogens is 254 g/mol. The largest absolute Gasteiger partial charge is 0.497 e. The van der Waals surface area contributed by atoms with Gasteiger partial charge in [0.2, 0.25) is 0 Å². The molecule has 0 radical (unpaired) electrons.